The number of hydrogen-bond donors (Lipinski definition) is 0. The van der Waals surface area contributed by atoms with Crippen LogP contribution in [0.5, 0.6) is 0 Å². The van der Waals surface area contributed by atoms with E-state index in [1.54, 1.807) is 23.2 Å². The van der Waals surface area contributed by atoms with Gasteiger partial charge in [-0.3, -0.25) is 4.57 Å². The first kappa shape index (κ1) is 8.11. The monoisotopic (exact) mass is 154 g/mol. The molecule has 0 N–H and O–H groups in total. The molecule has 62 valence electrons. The van der Waals surface area contributed by atoms with E-state index in [9.17, 15) is 4.79 Å². The van der Waals surface area contributed by atoms with Crippen molar-refractivity contribution in [2.45, 2.75) is 19.8 Å². The number of rotatable bonds is 1. The largest absolute Gasteiger partial charge is 0.327 e. The fraction of sp³-hybridized carbons (Fsp3) is 0.625. The van der Waals surface area contributed by atoms with Gasteiger partial charge in [-0.05, 0) is 5.92 Å². The Hall–Kier alpha value is -0.990. The van der Waals surface area contributed by atoms with Gasteiger partial charge in [0.2, 0.25) is 0 Å². The summed E-state index contributed by atoms with van der Waals surface area (Å²) < 4.78 is 3.29. The highest BCUT2D eigenvalue weighted by molar-refractivity contribution is 5.04. The number of aromatic nitrogens is 2. The number of imidazole rings is 1. The minimum absolute atomic E-state index is 0.0497. The first-order chi connectivity index (χ1) is 5.04. The highest BCUT2D eigenvalue weighted by Crippen LogP contribution is 2.10. The molecule has 0 atom stereocenters. The maximum Gasteiger partial charge on any atom is 0.327 e. The Kier molecular flexibility index (Phi) is 1.89. The fourth-order valence-electron chi connectivity index (χ4n) is 1.22. The van der Waals surface area contributed by atoms with Gasteiger partial charge >= 0.3 is 5.69 Å². The first-order valence-electron chi connectivity index (χ1n) is 3.76. The third kappa shape index (κ3) is 1.23. The van der Waals surface area contributed by atoms with Crippen LogP contribution in [-0.4, -0.2) is 9.13 Å². The van der Waals surface area contributed by atoms with E-state index in [1.807, 2.05) is 6.20 Å². The number of hydrogen-bond acceptors (Lipinski definition) is 1. The molecule has 3 heteroatoms. The van der Waals surface area contributed by atoms with E-state index in [0.29, 0.717) is 5.92 Å². The Morgan fingerprint density at radius 1 is 1.36 bits per heavy atom. The van der Waals surface area contributed by atoms with Crippen LogP contribution in [0, 0.1) is 0 Å². The van der Waals surface area contributed by atoms with Crippen LogP contribution in [0.15, 0.2) is 11.0 Å². The van der Waals surface area contributed by atoms with E-state index in [4.69, 9.17) is 0 Å². The van der Waals surface area contributed by atoms with Crippen LogP contribution in [0.4, 0.5) is 0 Å². The average Bonchev–Trinajstić information content (AvgIpc) is 2.17. The maximum absolute atomic E-state index is 11.2. The van der Waals surface area contributed by atoms with Crippen molar-refractivity contribution in [3.05, 3.63) is 22.4 Å². The quantitative estimate of drug-likeness (QED) is 0.589. The van der Waals surface area contributed by atoms with E-state index in [2.05, 4.69) is 13.8 Å². The summed E-state index contributed by atoms with van der Waals surface area (Å²) >= 11 is 0. The Morgan fingerprint density at radius 3 is 2.09 bits per heavy atom. The predicted molar refractivity (Wildman–Crippen MR) is 44.7 cm³/mol. The SMILES string of the molecule is CC(C)c1cn(C)c(=O)n1C. The number of nitrogens with zero attached hydrogens (tertiary/aromatic N) is 2. The van der Waals surface area contributed by atoms with Crippen LogP contribution >= 0.6 is 0 Å². The van der Waals surface area contributed by atoms with Crippen molar-refractivity contribution >= 4 is 0 Å². The highest BCUT2D eigenvalue weighted by Gasteiger charge is 2.07. The van der Waals surface area contributed by atoms with Crippen LogP contribution < -0.4 is 5.69 Å². The molecule has 0 spiro atoms. The zero-order valence-electron chi connectivity index (χ0n) is 7.46. The van der Waals surface area contributed by atoms with Crippen molar-refractivity contribution in [3.63, 3.8) is 0 Å². The summed E-state index contributed by atoms with van der Waals surface area (Å²) in [5, 5.41) is 0. The molecule has 0 aromatic carbocycles. The summed E-state index contributed by atoms with van der Waals surface area (Å²) in [6.45, 7) is 4.16. The van der Waals surface area contributed by atoms with E-state index in [0.717, 1.165) is 5.69 Å². The molecule has 0 fully saturated rings. The third-order valence-electron chi connectivity index (χ3n) is 1.89. The van der Waals surface area contributed by atoms with Gasteiger partial charge in [-0.2, -0.15) is 0 Å². The summed E-state index contributed by atoms with van der Waals surface area (Å²) in [6, 6.07) is 0. The van der Waals surface area contributed by atoms with Crippen LogP contribution in [0.2, 0.25) is 0 Å². The predicted octanol–water partition coefficient (Wildman–Crippen LogP) is 0.847. The molecule has 0 radical (unpaired) electrons. The van der Waals surface area contributed by atoms with Crippen molar-refractivity contribution in [3.8, 4) is 0 Å². The zero-order valence-corrected chi connectivity index (χ0v) is 7.46. The van der Waals surface area contributed by atoms with E-state index < -0.39 is 0 Å². The lowest BCUT2D eigenvalue weighted by atomic mass is 10.1. The van der Waals surface area contributed by atoms with Gasteiger partial charge in [0.1, 0.15) is 0 Å². The summed E-state index contributed by atoms with van der Waals surface area (Å²) in [7, 11) is 3.58. The molecule has 0 aliphatic rings. The topological polar surface area (TPSA) is 26.9 Å². The second-order valence-corrected chi connectivity index (χ2v) is 3.16. The molecule has 0 saturated carbocycles. The van der Waals surface area contributed by atoms with E-state index in [-0.39, 0.29) is 5.69 Å². The molecule has 0 aliphatic heterocycles. The minimum Gasteiger partial charge on any atom is -0.302 e. The summed E-state index contributed by atoms with van der Waals surface area (Å²) in [4.78, 5) is 11.2. The van der Waals surface area contributed by atoms with Crippen LogP contribution in [0.25, 0.3) is 0 Å². The van der Waals surface area contributed by atoms with Crippen molar-refractivity contribution < 1.29 is 0 Å². The zero-order chi connectivity index (χ0) is 8.59. The van der Waals surface area contributed by atoms with Crippen molar-refractivity contribution in [2.75, 3.05) is 0 Å². The molecule has 0 saturated heterocycles. The smallest absolute Gasteiger partial charge is 0.302 e. The summed E-state index contributed by atoms with van der Waals surface area (Å²) in [5.74, 6) is 0.411. The maximum atomic E-state index is 11.2. The number of aryl methyl sites for hydroxylation is 1. The van der Waals surface area contributed by atoms with Gasteiger partial charge in [-0.25, -0.2) is 4.79 Å². The Morgan fingerprint density at radius 2 is 1.91 bits per heavy atom. The van der Waals surface area contributed by atoms with Crippen LogP contribution in [0.3, 0.4) is 0 Å². The van der Waals surface area contributed by atoms with Gasteiger partial charge < -0.3 is 4.57 Å². The Balaban J connectivity index is 3.30. The third-order valence-corrected chi connectivity index (χ3v) is 1.89. The molecule has 0 unspecified atom stereocenters. The summed E-state index contributed by atoms with van der Waals surface area (Å²) in [5.41, 5.74) is 1.13. The van der Waals surface area contributed by atoms with Gasteiger partial charge in [-0.15, -0.1) is 0 Å². The second-order valence-electron chi connectivity index (χ2n) is 3.16. The lowest BCUT2D eigenvalue weighted by Gasteiger charge is -2.02. The Bertz CT molecular complexity index is 306. The van der Waals surface area contributed by atoms with Gasteiger partial charge in [0.25, 0.3) is 0 Å². The Labute approximate surface area is 66.3 Å². The van der Waals surface area contributed by atoms with Gasteiger partial charge in [0, 0.05) is 26.0 Å². The molecule has 0 amide bonds. The molecule has 1 aromatic heterocycles. The lowest BCUT2D eigenvalue weighted by molar-refractivity contribution is 0.711. The molecule has 1 heterocycles. The lowest BCUT2D eigenvalue weighted by Crippen LogP contribution is -2.20. The van der Waals surface area contributed by atoms with Crippen molar-refractivity contribution in [1.29, 1.82) is 0 Å². The van der Waals surface area contributed by atoms with E-state index in [1.165, 1.54) is 0 Å². The van der Waals surface area contributed by atoms with Crippen molar-refractivity contribution in [2.24, 2.45) is 14.1 Å². The molecule has 1 aromatic rings. The normalized spacial score (nSPS) is 11.0. The minimum atomic E-state index is 0.0497. The average molecular weight is 154 g/mol. The van der Waals surface area contributed by atoms with Gasteiger partial charge in [0.15, 0.2) is 0 Å². The molecule has 11 heavy (non-hydrogen) atoms. The summed E-state index contributed by atoms with van der Waals surface area (Å²) in [6.07, 6.45) is 1.88. The fourth-order valence-corrected chi connectivity index (χ4v) is 1.22. The second kappa shape index (κ2) is 2.57. The first-order valence-corrected chi connectivity index (χ1v) is 3.76. The molecular formula is C8H14N2O. The van der Waals surface area contributed by atoms with Crippen LogP contribution in [-0.2, 0) is 14.1 Å². The van der Waals surface area contributed by atoms with Gasteiger partial charge in [0.05, 0.1) is 0 Å². The molecule has 1 rings (SSSR count). The molecular weight excluding hydrogens is 140 g/mol. The standard InChI is InChI=1S/C8H14N2O/c1-6(2)7-5-9(3)8(11)10(7)4/h5-6H,1-4H3. The van der Waals surface area contributed by atoms with Crippen LogP contribution in [0.1, 0.15) is 25.5 Å². The molecule has 0 aliphatic carbocycles. The molecule has 3 nitrogen and oxygen atoms in total. The molecule has 0 bridgehead atoms. The highest BCUT2D eigenvalue weighted by atomic mass is 16.1. The van der Waals surface area contributed by atoms with Crippen molar-refractivity contribution in [1.82, 2.24) is 9.13 Å². The van der Waals surface area contributed by atoms with Gasteiger partial charge in [-0.1, -0.05) is 13.8 Å². The van der Waals surface area contributed by atoms with E-state index >= 15 is 0 Å².